The molecular formula is C14H14O4. The predicted octanol–water partition coefficient (Wildman–Crippen LogP) is 2.42. The summed E-state index contributed by atoms with van der Waals surface area (Å²) in [6.07, 6.45) is 0. The first-order valence-corrected chi connectivity index (χ1v) is 5.54. The van der Waals surface area contributed by atoms with Gasteiger partial charge in [0.25, 0.3) is 0 Å². The minimum absolute atomic E-state index is 0.183. The highest BCUT2D eigenvalue weighted by molar-refractivity contribution is 6.28. The van der Waals surface area contributed by atoms with Crippen LogP contribution in [0.15, 0.2) is 23.3 Å². The topological polar surface area (TPSA) is 52.6 Å². The third-order valence-corrected chi connectivity index (χ3v) is 3.27. The number of allylic oxidation sites excluding steroid dienone is 2. The third kappa shape index (κ3) is 1.53. The van der Waals surface area contributed by atoms with E-state index in [2.05, 4.69) is 0 Å². The maximum Gasteiger partial charge on any atom is 0.193 e. The summed E-state index contributed by atoms with van der Waals surface area (Å²) >= 11 is 0. The van der Waals surface area contributed by atoms with Crippen molar-refractivity contribution in [1.29, 1.82) is 0 Å². The SMILES string of the molecule is COc1ccc(OC)c2c1C(=O)C(C)=C(C)C2=O. The first kappa shape index (κ1) is 12.4. The molecule has 0 heterocycles. The van der Waals surface area contributed by atoms with Crippen molar-refractivity contribution in [2.75, 3.05) is 14.2 Å². The largest absolute Gasteiger partial charge is 0.496 e. The van der Waals surface area contributed by atoms with Gasteiger partial charge < -0.3 is 9.47 Å². The zero-order valence-corrected chi connectivity index (χ0v) is 10.8. The number of Topliss-reactive ketones (excluding diaryl/α,β-unsaturated/α-hetero) is 2. The van der Waals surface area contributed by atoms with Crippen molar-refractivity contribution in [3.63, 3.8) is 0 Å². The Labute approximate surface area is 105 Å². The molecule has 0 N–H and O–H groups in total. The zero-order chi connectivity index (χ0) is 13.4. The van der Waals surface area contributed by atoms with Crippen LogP contribution in [-0.2, 0) is 0 Å². The Balaban J connectivity index is 2.83. The summed E-state index contributed by atoms with van der Waals surface area (Å²) in [5, 5.41) is 0. The van der Waals surface area contributed by atoms with E-state index in [0.29, 0.717) is 33.8 Å². The lowest BCUT2D eigenvalue weighted by Gasteiger charge is -2.21. The van der Waals surface area contributed by atoms with Crippen molar-refractivity contribution in [3.8, 4) is 11.5 Å². The van der Waals surface area contributed by atoms with E-state index in [1.807, 2.05) is 0 Å². The van der Waals surface area contributed by atoms with Gasteiger partial charge in [0.05, 0.1) is 25.3 Å². The summed E-state index contributed by atoms with van der Waals surface area (Å²) in [5.41, 5.74) is 1.51. The summed E-state index contributed by atoms with van der Waals surface area (Å²) in [6, 6.07) is 3.27. The molecule has 18 heavy (non-hydrogen) atoms. The molecule has 0 aliphatic heterocycles. The second-order valence-electron chi connectivity index (χ2n) is 4.13. The number of methoxy groups -OCH3 is 2. The third-order valence-electron chi connectivity index (χ3n) is 3.27. The van der Waals surface area contributed by atoms with E-state index in [1.165, 1.54) is 14.2 Å². The Morgan fingerprint density at radius 1 is 0.778 bits per heavy atom. The average Bonchev–Trinajstić information content (AvgIpc) is 2.40. The molecule has 0 aromatic heterocycles. The van der Waals surface area contributed by atoms with Crippen LogP contribution in [0.25, 0.3) is 0 Å². The molecule has 0 saturated carbocycles. The molecule has 94 valence electrons. The van der Waals surface area contributed by atoms with E-state index in [4.69, 9.17) is 9.47 Å². The molecule has 0 radical (unpaired) electrons. The molecule has 0 spiro atoms. The number of hydrogen-bond acceptors (Lipinski definition) is 4. The summed E-state index contributed by atoms with van der Waals surface area (Å²) in [5.74, 6) is 0.433. The van der Waals surface area contributed by atoms with Crippen molar-refractivity contribution in [3.05, 3.63) is 34.4 Å². The van der Waals surface area contributed by atoms with Crippen LogP contribution < -0.4 is 9.47 Å². The molecular weight excluding hydrogens is 232 g/mol. The van der Waals surface area contributed by atoms with Crippen LogP contribution in [0.1, 0.15) is 34.6 Å². The Morgan fingerprint density at radius 2 is 1.11 bits per heavy atom. The molecule has 4 nitrogen and oxygen atoms in total. The molecule has 0 bridgehead atoms. The molecule has 0 fully saturated rings. The number of hydrogen-bond donors (Lipinski definition) is 0. The predicted molar refractivity (Wildman–Crippen MR) is 66.6 cm³/mol. The number of ketones is 2. The van der Waals surface area contributed by atoms with Crippen molar-refractivity contribution < 1.29 is 19.1 Å². The molecule has 1 aromatic rings. The van der Waals surface area contributed by atoms with Crippen LogP contribution in [0, 0.1) is 0 Å². The van der Waals surface area contributed by atoms with Crippen LogP contribution >= 0.6 is 0 Å². The second kappa shape index (κ2) is 4.29. The quantitative estimate of drug-likeness (QED) is 0.804. The lowest BCUT2D eigenvalue weighted by atomic mass is 9.84. The van der Waals surface area contributed by atoms with Gasteiger partial charge in [-0.05, 0) is 26.0 Å². The van der Waals surface area contributed by atoms with Gasteiger partial charge >= 0.3 is 0 Å². The average molecular weight is 246 g/mol. The number of carbonyl (C=O) groups excluding carboxylic acids is 2. The Hall–Kier alpha value is -2.10. The van der Waals surface area contributed by atoms with Gasteiger partial charge in [-0.25, -0.2) is 0 Å². The molecule has 0 atom stereocenters. The summed E-state index contributed by atoms with van der Waals surface area (Å²) in [7, 11) is 2.95. The van der Waals surface area contributed by atoms with Gasteiger partial charge in [-0.2, -0.15) is 0 Å². The summed E-state index contributed by atoms with van der Waals surface area (Å²) in [4.78, 5) is 24.5. The van der Waals surface area contributed by atoms with Gasteiger partial charge in [-0.15, -0.1) is 0 Å². The van der Waals surface area contributed by atoms with Crippen molar-refractivity contribution in [2.45, 2.75) is 13.8 Å². The molecule has 1 aromatic carbocycles. The van der Waals surface area contributed by atoms with E-state index in [-0.39, 0.29) is 11.6 Å². The van der Waals surface area contributed by atoms with Crippen LogP contribution in [0.2, 0.25) is 0 Å². The van der Waals surface area contributed by atoms with E-state index >= 15 is 0 Å². The van der Waals surface area contributed by atoms with Gasteiger partial charge in [-0.3, -0.25) is 9.59 Å². The summed E-state index contributed by atoms with van der Waals surface area (Å²) in [6.45, 7) is 3.30. The summed E-state index contributed by atoms with van der Waals surface area (Å²) < 4.78 is 10.3. The standard InChI is InChI=1S/C14H14O4/c1-7-8(2)14(16)12-10(18-4)6-5-9(17-3)11(12)13(7)15/h5-6H,1-4H3. The maximum atomic E-state index is 12.3. The molecule has 0 unspecified atom stereocenters. The Kier molecular flexibility index (Phi) is 2.95. The van der Waals surface area contributed by atoms with Crippen LogP contribution in [0.3, 0.4) is 0 Å². The molecule has 2 rings (SSSR count). The molecule has 0 saturated heterocycles. The van der Waals surface area contributed by atoms with Crippen LogP contribution in [0.4, 0.5) is 0 Å². The Bertz CT molecular complexity index is 531. The minimum Gasteiger partial charge on any atom is -0.496 e. The number of benzene rings is 1. The molecule has 1 aliphatic rings. The van der Waals surface area contributed by atoms with E-state index in [1.54, 1.807) is 26.0 Å². The Morgan fingerprint density at radius 3 is 1.39 bits per heavy atom. The van der Waals surface area contributed by atoms with Crippen molar-refractivity contribution >= 4 is 11.6 Å². The number of carbonyl (C=O) groups is 2. The second-order valence-corrected chi connectivity index (χ2v) is 4.13. The fraction of sp³-hybridized carbons (Fsp3) is 0.286. The van der Waals surface area contributed by atoms with Crippen molar-refractivity contribution in [1.82, 2.24) is 0 Å². The lowest BCUT2D eigenvalue weighted by molar-refractivity contribution is 0.0969. The molecule has 1 aliphatic carbocycles. The molecule has 4 heteroatoms. The van der Waals surface area contributed by atoms with Crippen molar-refractivity contribution in [2.24, 2.45) is 0 Å². The van der Waals surface area contributed by atoms with Crippen LogP contribution in [0.5, 0.6) is 11.5 Å². The number of rotatable bonds is 2. The smallest absolute Gasteiger partial charge is 0.193 e. The molecule has 0 amide bonds. The van der Waals surface area contributed by atoms with E-state index < -0.39 is 0 Å². The number of fused-ring (bicyclic) bond motifs is 1. The van der Waals surface area contributed by atoms with Gasteiger partial charge in [0.15, 0.2) is 11.6 Å². The van der Waals surface area contributed by atoms with Crippen LogP contribution in [-0.4, -0.2) is 25.8 Å². The normalized spacial score (nSPS) is 14.7. The highest BCUT2D eigenvalue weighted by atomic mass is 16.5. The highest BCUT2D eigenvalue weighted by Gasteiger charge is 2.33. The first-order valence-electron chi connectivity index (χ1n) is 5.54. The number of ether oxygens (including phenoxy) is 2. The zero-order valence-electron chi connectivity index (χ0n) is 10.8. The van der Waals surface area contributed by atoms with Gasteiger partial charge in [-0.1, -0.05) is 0 Å². The monoisotopic (exact) mass is 246 g/mol. The maximum absolute atomic E-state index is 12.3. The lowest BCUT2D eigenvalue weighted by Crippen LogP contribution is -2.21. The fourth-order valence-corrected chi connectivity index (χ4v) is 2.07. The van der Waals surface area contributed by atoms with Gasteiger partial charge in [0.1, 0.15) is 11.5 Å². The van der Waals surface area contributed by atoms with Gasteiger partial charge in [0, 0.05) is 11.1 Å². The minimum atomic E-state index is -0.183. The van der Waals surface area contributed by atoms with Gasteiger partial charge in [0.2, 0.25) is 0 Å². The first-order chi connectivity index (χ1) is 8.52. The van der Waals surface area contributed by atoms with E-state index in [0.717, 1.165) is 0 Å². The highest BCUT2D eigenvalue weighted by Crippen LogP contribution is 2.37. The van der Waals surface area contributed by atoms with E-state index in [9.17, 15) is 9.59 Å². The fourth-order valence-electron chi connectivity index (χ4n) is 2.07.